The van der Waals surface area contributed by atoms with Crippen LogP contribution in [0.4, 0.5) is 0 Å². The molecule has 4 nitrogen and oxygen atoms in total. The molecule has 2 unspecified atom stereocenters. The summed E-state index contributed by atoms with van der Waals surface area (Å²) in [6.07, 6.45) is 1.23. The van der Waals surface area contributed by atoms with Gasteiger partial charge in [0.1, 0.15) is 0 Å². The van der Waals surface area contributed by atoms with E-state index in [1.54, 1.807) is 14.2 Å². The maximum absolute atomic E-state index is 5.99. The summed E-state index contributed by atoms with van der Waals surface area (Å²) in [5, 5.41) is 3.57. The summed E-state index contributed by atoms with van der Waals surface area (Å²) in [4.78, 5) is 0. The van der Waals surface area contributed by atoms with Gasteiger partial charge in [0.15, 0.2) is 11.5 Å². The van der Waals surface area contributed by atoms with Crippen LogP contribution in [-0.2, 0) is 4.74 Å². The summed E-state index contributed by atoms with van der Waals surface area (Å²) in [5.74, 6) is 2.18. The van der Waals surface area contributed by atoms with Gasteiger partial charge in [-0.05, 0) is 30.0 Å². The van der Waals surface area contributed by atoms with E-state index >= 15 is 0 Å². The third kappa shape index (κ3) is 3.64. The third-order valence-electron chi connectivity index (χ3n) is 3.63. The Bertz CT molecular complexity index is 426. The second-order valence-corrected chi connectivity index (χ2v) is 5.67. The lowest BCUT2D eigenvalue weighted by molar-refractivity contribution is -0.00142. The Hall–Kier alpha value is -1.26. The minimum Gasteiger partial charge on any atom is -0.493 e. The fourth-order valence-electron chi connectivity index (χ4n) is 2.61. The highest BCUT2D eigenvalue weighted by Crippen LogP contribution is 2.31. The number of hydrogen-bond donors (Lipinski definition) is 1. The van der Waals surface area contributed by atoms with Crippen LogP contribution in [0.15, 0.2) is 18.2 Å². The van der Waals surface area contributed by atoms with Crippen LogP contribution >= 0.6 is 0 Å². The number of nitrogens with one attached hydrogen (secondary N) is 1. The zero-order valence-electron chi connectivity index (χ0n) is 12.8. The first-order valence-corrected chi connectivity index (χ1v) is 7.21. The van der Waals surface area contributed by atoms with E-state index in [-0.39, 0.29) is 6.10 Å². The molecule has 0 amide bonds. The van der Waals surface area contributed by atoms with Gasteiger partial charge in [-0.2, -0.15) is 0 Å². The fraction of sp³-hybridized carbons (Fsp3) is 0.625. The topological polar surface area (TPSA) is 39.7 Å². The lowest BCUT2D eigenvalue weighted by Gasteiger charge is -2.31. The quantitative estimate of drug-likeness (QED) is 0.899. The molecule has 0 bridgehead atoms. The second kappa shape index (κ2) is 6.95. The Morgan fingerprint density at radius 2 is 2.00 bits per heavy atom. The average Bonchev–Trinajstić information content (AvgIpc) is 2.46. The Morgan fingerprint density at radius 3 is 2.55 bits per heavy atom. The van der Waals surface area contributed by atoms with Gasteiger partial charge in [-0.1, -0.05) is 19.9 Å². The SMILES string of the molecule is COc1ccc(C2CNC(CC(C)C)CO2)cc1OC. The molecule has 1 N–H and O–H groups in total. The van der Waals surface area contributed by atoms with Crippen molar-refractivity contribution in [1.29, 1.82) is 0 Å². The molecule has 0 aliphatic carbocycles. The van der Waals surface area contributed by atoms with Crippen molar-refractivity contribution in [1.82, 2.24) is 5.32 Å². The molecule has 20 heavy (non-hydrogen) atoms. The van der Waals surface area contributed by atoms with Crippen molar-refractivity contribution < 1.29 is 14.2 Å². The van der Waals surface area contributed by atoms with Crippen LogP contribution in [0.25, 0.3) is 0 Å². The number of benzene rings is 1. The number of hydrogen-bond acceptors (Lipinski definition) is 4. The smallest absolute Gasteiger partial charge is 0.161 e. The summed E-state index contributed by atoms with van der Waals surface area (Å²) in [6.45, 7) is 6.08. The van der Waals surface area contributed by atoms with E-state index in [2.05, 4.69) is 19.2 Å². The molecule has 2 atom stereocenters. The second-order valence-electron chi connectivity index (χ2n) is 5.67. The van der Waals surface area contributed by atoms with Crippen LogP contribution in [-0.4, -0.2) is 33.4 Å². The lowest BCUT2D eigenvalue weighted by Crippen LogP contribution is -2.43. The fourth-order valence-corrected chi connectivity index (χ4v) is 2.61. The van der Waals surface area contributed by atoms with Crippen molar-refractivity contribution in [3.8, 4) is 11.5 Å². The van der Waals surface area contributed by atoms with Gasteiger partial charge in [-0.3, -0.25) is 0 Å². The van der Waals surface area contributed by atoms with Crippen LogP contribution in [0.2, 0.25) is 0 Å². The standard InChI is InChI=1S/C16H25NO3/c1-11(2)7-13-10-20-16(9-17-13)12-5-6-14(18-3)15(8-12)19-4/h5-6,8,11,13,16-17H,7,9-10H2,1-4H3. The van der Waals surface area contributed by atoms with Gasteiger partial charge in [-0.15, -0.1) is 0 Å². The van der Waals surface area contributed by atoms with Crippen molar-refractivity contribution in [2.45, 2.75) is 32.4 Å². The molecule has 0 spiro atoms. The van der Waals surface area contributed by atoms with Crippen LogP contribution in [0.3, 0.4) is 0 Å². The molecule has 0 radical (unpaired) electrons. The molecule has 112 valence electrons. The molecular formula is C16H25NO3. The van der Waals surface area contributed by atoms with Gasteiger partial charge in [0, 0.05) is 12.6 Å². The van der Waals surface area contributed by atoms with Crippen LogP contribution in [0.1, 0.15) is 31.9 Å². The summed E-state index contributed by atoms with van der Waals surface area (Å²) in [7, 11) is 3.30. The van der Waals surface area contributed by atoms with E-state index in [1.807, 2.05) is 18.2 Å². The van der Waals surface area contributed by atoms with Crippen molar-refractivity contribution in [3.05, 3.63) is 23.8 Å². The Kier molecular flexibility index (Phi) is 5.26. The maximum atomic E-state index is 5.99. The molecule has 1 aliphatic heterocycles. The van der Waals surface area contributed by atoms with E-state index in [0.717, 1.165) is 36.6 Å². The molecule has 0 saturated carbocycles. The first-order chi connectivity index (χ1) is 9.63. The summed E-state index contributed by atoms with van der Waals surface area (Å²) in [5.41, 5.74) is 1.12. The molecule has 1 heterocycles. The number of ether oxygens (including phenoxy) is 3. The minimum atomic E-state index is 0.0817. The van der Waals surface area contributed by atoms with Crippen LogP contribution in [0, 0.1) is 5.92 Å². The number of methoxy groups -OCH3 is 2. The van der Waals surface area contributed by atoms with Gasteiger partial charge in [0.05, 0.1) is 26.9 Å². The van der Waals surface area contributed by atoms with E-state index in [4.69, 9.17) is 14.2 Å². The van der Waals surface area contributed by atoms with E-state index in [0.29, 0.717) is 12.0 Å². The highest BCUT2D eigenvalue weighted by atomic mass is 16.5. The first-order valence-electron chi connectivity index (χ1n) is 7.21. The Balaban J connectivity index is 2.00. The average molecular weight is 279 g/mol. The molecule has 4 heteroatoms. The van der Waals surface area contributed by atoms with Crippen molar-refractivity contribution >= 4 is 0 Å². The van der Waals surface area contributed by atoms with E-state index in [9.17, 15) is 0 Å². The van der Waals surface area contributed by atoms with Gasteiger partial charge in [0.25, 0.3) is 0 Å². The van der Waals surface area contributed by atoms with Crippen molar-refractivity contribution in [3.63, 3.8) is 0 Å². The third-order valence-corrected chi connectivity index (χ3v) is 3.63. The van der Waals surface area contributed by atoms with E-state index in [1.165, 1.54) is 0 Å². The molecule has 1 saturated heterocycles. The van der Waals surface area contributed by atoms with Crippen LogP contribution < -0.4 is 14.8 Å². The molecule has 1 fully saturated rings. The predicted molar refractivity (Wildman–Crippen MR) is 79.5 cm³/mol. The number of morpholine rings is 1. The predicted octanol–water partition coefficient (Wildman–Crippen LogP) is 2.78. The summed E-state index contributed by atoms with van der Waals surface area (Å²) < 4.78 is 16.6. The largest absolute Gasteiger partial charge is 0.493 e. The molecule has 1 aromatic carbocycles. The first kappa shape index (κ1) is 15.1. The normalized spacial score (nSPS) is 22.9. The maximum Gasteiger partial charge on any atom is 0.161 e. The van der Waals surface area contributed by atoms with Crippen molar-refractivity contribution in [2.75, 3.05) is 27.4 Å². The lowest BCUT2D eigenvalue weighted by atomic mass is 10.0. The van der Waals surface area contributed by atoms with E-state index < -0.39 is 0 Å². The molecule has 1 aliphatic rings. The van der Waals surface area contributed by atoms with Gasteiger partial charge in [-0.25, -0.2) is 0 Å². The Labute approximate surface area is 121 Å². The molecule has 2 rings (SSSR count). The Morgan fingerprint density at radius 1 is 1.25 bits per heavy atom. The van der Waals surface area contributed by atoms with Gasteiger partial charge < -0.3 is 19.5 Å². The van der Waals surface area contributed by atoms with Crippen LogP contribution in [0.5, 0.6) is 11.5 Å². The minimum absolute atomic E-state index is 0.0817. The summed E-state index contributed by atoms with van der Waals surface area (Å²) >= 11 is 0. The molecular weight excluding hydrogens is 254 g/mol. The summed E-state index contributed by atoms with van der Waals surface area (Å²) in [6, 6.07) is 6.42. The zero-order chi connectivity index (χ0) is 14.5. The zero-order valence-corrected chi connectivity index (χ0v) is 12.8. The monoisotopic (exact) mass is 279 g/mol. The molecule has 1 aromatic rings. The highest BCUT2D eigenvalue weighted by Gasteiger charge is 2.23. The van der Waals surface area contributed by atoms with Gasteiger partial charge >= 0.3 is 0 Å². The number of rotatable bonds is 5. The van der Waals surface area contributed by atoms with Gasteiger partial charge in [0.2, 0.25) is 0 Å². The highest BCUT2D eigenvalue weighted by molar-refractivity contribution is 5.43. The molecule has 0 aromatic heterocycles. The van der Waals surface area contributed by atoms with Crippen molar-refractivity contribution in [2.24, 2.45) is 5.92 Å².